The van der Waals surface area contributed by atoms with E-state index in [0.29, 0.717) is 12.2 Å². The quantitative estimate of drug-likeness (QED) is 0.587. The van der Waals surface area contributed by atoms with Crippen LogP contribution in [0.5, 0.6) is 0 Å². The Balaban J connectivity index is 2.78. The van der Waals surface area contributed by atoms with Crippen molar-refractivity contribution in [2.45, 2.75) is 6.92 Å². The molecule has 0 unspecified atom stereocenters. The number of hydrogen-bond acceptors (Lipinski definition) is 1. The first-order valence-electron chi connectivity index (χ1n) is 4.15. The maximum atomic E-state index is 12.8. The van der Waals surface area contributed by atoms with Crippen LogP contribution in [0.25, 0.3) is 0 Å². The van der Waals surface area contributed by atoms with Gasteiger partial charge in [-0.2, -0.15) is 0 Å². The van der Waals surface area contributed by atoms with E-state index in [0.717, 1.165) is 0 Å². The average Bonchev–Trinajstić information content (AvgIpc) is 2.12. The number of halogens is 2. The first-order chi connectivity index (χ1) is 6.63. The summed E-state index contributed by atoms with van der Waals surface area (Å²) in [6.07, 6.45) is 0. The second-order valence-electron chi connectivity index (χ2n) is 2.61. The molecule has 0 aliphatic carbocycles. The summed E-state index contributed by atoms with van der Waals surface area (Å²) < 4.78 is 12.8. The van der Waals surface area contributed by atoms with Crippen molar-refractivity contribution in [2.24, 2.45) is 10.7 Å². The Labute approximate surface area is 86.8 Å². The Morgan fingerprint density at radius 1 is 1.64 bits per heavy atom. The van der Waals surface area contributed by atoms with Crippen molar-refractivity contribution in [3.8, 4) is 0 Å². The molecule has 3 nitrogen and oxygen atoms in total. The van der Waals surface area contributed by atoms with Gasteiger partial charge in [0.05, 0.1) is 5.02 Å². The molecule has 1 rings (SSSR count). The summed E-state index contributed by atoms with van der Waals surface area (Å²) in [6, 6.07) is 4.26. The number of aliphatic imine (C=N–C) groups is 1. The third-order valence-electron chi connectivity index (χ3n) is 1.52. The lowest BCUT2D eigenvalue weighted by molar-refractivity contribution is 0.628. The number of nitrogens with one attached hydrogen (secondary N) is 1. The minimum Gasteiger partial charge on any atom is -0.370 e. The lowest BCUT2D eigenvalue weighted by Gasteiger charge is -2.05. The van der Waals surface area contributed by atoms with Crippen molar-refractivity contribution in [1.29, 1.82) is 0 Å². The summed E-state index contributed by atoms with van der Waals surface area (Å²) in [7, 11) is 0. The number of nitrogens with two attached hydrogens (primary N) is 1. The molecule has 1 aromatic carbocycles. The smallest absolute Gasteiger partial charge is 0.193 e. The van der Waals surface area contributed by atoms with Gasteiger partial charge >= 0.3 is 0 Å². The molecule has 0 aromatic heterocycles. The van der Waals surface area contributed by atoms with Crippen LogP contribution in [0, 0.1) is 5.82 Å². The summed E-state index contributed by atoms with van der Waals surface area (Å²) in [5.41, 5.74) is 6.12. The van der Waals surface area contributed by atoms with Gasteiger partial charge < -0.3 is 11.1 Å². The monoisotopic (exact) mass is 215 g/mol. The van der Waals surface area contributed by atoms with E-state index in [4.69, 9.17) is 17.3 Å². The predicted molar refractivity (Wildman–Crippen MR) is 57.2 cm³/mol. The van der Waals surface area contributed by atoms with Gasteiger partial charge in [-0.05, 0) is 25.1 Å². The molecule has 14 heavy (non-hydrogen) atoms. The molecule has 0 aliphatic rings. The molecule has 1 aromatic rings. The van der Waals surface area contributed by atoms with Gasteiger partial charge in [0.15, 0.2) is 5.96 Å². The lowest BCUT2D eigenvalue weighted by atomic mass is 10.3. The number of rotatable bonds is 2. The summed E-state index contributed by atoms with van der Waals surface area (Å²) >= 11 is 5.58. The van der Waals surface area contributed by atoms with Gasteiger partial charge in [-0.1, -0.05) is 11.6 Å². The average molecular weight is 216 g/mol. The molecule has 0 aliphatic heterocycles. The van der Waals surface area contributed by atoms with Gasteiger partial charge in [-0.15, -0.1) is 0 Å². The number of benzene rings is 1. The van der Waals surface area contributed by atoms with Crippen molar-refractivity contribution in [2.75, 3.05) is 11.9 Å². The SMILES string of the molecule is CCN=C(N)Nc1ccc(F)c(Cl)c1. The van der Waals surface area contributed by atoms with E-state index in [9.17, 15) is 4.39 Å². The Kier molecular flexibility index (Phi) is 3.71. The largest absolute Gasteiger partial charge is 0.370 e. The third kappa shape index (κ3) is 2.88. The van der Waals surface area contributed by atoms with Gasteiger partial charge in [0, 0.05) is 12.2 Å². The van der Waals surface area contributed by atoms with Crippen LogP contribution in [0.1, 0.15) is 6.92 Å². The van der Waals surface area contributed by atoms with Crippen LogP contribution in [-0.2, 0) is 0 Å². The molecule has 0 atom stereocenters. The summed E-state index contributed by atoms with van der Waals surface area (Å²) in [5, 5.41) is 2.84. The third-order valence-corrected chi connectivity index (χ3v) is 1.81. The molecule has 0 radical (unpaired) electrons. The lowest BCUT2D eigenvalue weighted by Crippen LogP contribution is -2.22. The van der Waals surface area contributed by atoms with Crippen LogP contribution in [-0.4, -0.2) is 12.5 Å². The van der Waals surface area contributed by atoms with Crippen molar-refractivity contribution >= 4 is 23.2 Å². The van der Waals surface area contributed by atoms with Gasteiger partial charge in [0.2, 0.25) is 0 Å². The number of nitrogens with zero attached hydrogens (tertiary/aromatic N) is 1. The molecule has 76 valence electrons. The van der Waals surface area contributed by atoms with Crippen molar-refractivity contribution in [1.82, 2.24) is 0 Å². The van der Waals surface area contributed by atoms with E-state index in [-0.39, 0.29) is 11.0 Å². The predicted octanol–water partition coefficient (Wildman–Crippen LogP) is 2.23. The van der Waals surface area contributed by atoms with Gasteiger partial charge in [0.25, 0.3) is 0 Å². The fourth-order valence-electron chi connectivity index (χ4n) is 0.932. The van der Waals surface area contributed by atoms with Gasteiger partial charge in [-0.25, -0.2) is 4.39 Å². The summed E-state index contributed by atoms with van der Waals surface area (Å²) in [4.78, 5) is 3.92. The first-order valence-corrected chi connectivity index (χ1v) is 4.53. The molecular formula is C9H11ClFN3. The topological polar surface area (TPSA) is 50.4 Å². The highest BCUT2D eigenvalue weighted by atomic mass is 35.5. The Bertz CT molecular complexity index is 352. The van der Waals surface area contributed by atoms with E-state index < -0.39 is 5.82 Å². The molecule has 3 N–H and O–H groups in total. The molecule has 0 heterocycles. The zero-order chi connectivity index (χ0) is 10.6. The van der Waals surface area contributed by atoms with Crippen LogP contribution in [0.15, 0.2) is 23.2 Å². The number of anilines is 1. The molecule has 0 saturated heterocycles. The van der Waals surface area contributed by atoms with Crippen LogP contribution < -0.4 is 11.1 Å². The zero-order valence-electron chi connectivity index (χ0n) is 7.72. The first kappa shape index (κ1) is 10.8. The summed E-state index contributed by atoms with van der Waals surface area (Å²) in [6.45, 7) is 2.46. The highest BCUT2D eigenvalue weighted by Gasteiger charge is 2.00. The van der Waals surface area contributed by atoms with Gasteiger partial charge in [0.1, 0.15) is 5.82 Å². The Morgan fingerprint density at radius 3 is 2.93 bits per heavy atom. The highest BCUT2D eigenvalue weighted by Crippen LogP contribution is 2.18. The Morgan fingerprint density at radius 2 is 2.36 bits per heavy atom. The highest BCUT2D eigenvalue weighted by molar-refractivity contribution is 6.31. The molecule has 0 saturated carbocycles. The molecular weight excluding hydrogens is 205 g/mol. The normalized spacial score (nSPS) is 11.5. The molecule has 0 fully saturated rings. The van der Waals surface area contributed by atoms with Crippen LogP contribution in [0.4, 0.5) is 10.1 Å². The zero-order valence-corrected chi connectivity index (χ0v) is 8.48. The maximum Gasteiger partial charge on any atom is 0.193 e. The maximum absolute atomic E-state index is 12.8. The Hall–Kier alpha value is -1.29. The minimum absolute atomic E-state index is 0.0549. The minimum atomic E-state index is -0.455. The van der Waals surface area contributed by atoms with E-state index in [2.05, 4.69) is 10.3 Å². The standard InChI is InChI=1S/C9H11ClFN3/c1-2-13-9(12)14-6-3-4-8(11)7(10)5-6/h3-5H,2H2,1H3,(H3,12,13,14). The second-order valence-corrected chi connectivity index (χ2v) is 3.02. The molecule has 0 bridgehead atoms. The second kappa shape index (κ2) is 4.81. The van der Waals surface area contributed by atoms with Crippen LogP contribution >= 0.6 is 11.6 Å². The molecule has 0 amide bonds. The van der Waals surface area contributed by atoms with E-state index >= 15 is 0 Å². The van der Waals surface area contributed by atoms with Crippen molar-refractivity contribution in [3.05, 3.63) is 29.0 Å². The number of guanidine groups is 1. The summed E-state index contributed by atoms with van der Waals surface area (Å²) in [5.74, 6) is -0.168. The van der Waals surface area contributed by atoms with E-state index in [1.165, 1.54) is 12.1 Å². The van der Waals surface area contributed by atoms with Crippen LogP contribution in [0.2, 0.25) is 5.02 Å². The van der Waals surface area contributed by atoms with E-state index in [1.54, 1.807) is 6.07 Å². The van der Waals surface area contributed by atoms with Crippen molar-refractivity contribution < 1.29 is 4.39 Å². The van der Waals surface area contributed by atoms with Crippen LogP contribution in [0.3, 0.4) is 0 Å². The van der Waals surface area contributed by atoms with E-state index in [1.807, 2.05) is 6.92 Å². The molecule has 5 heteroatoms. The fourth-order valence-corrected chi connectivity index (χ4v) is 1.11. The van der Waals surface area contributed by atoms with Gasteiger partial charge in [-0.3, -0.25) is 4.99 Å². The van der Waals surface area contributed by atoms with Crippen molar-refractivity contribution in [3.63, 3.8) is 0 Å². The molecule has 0 spiro atoms. The fraction of sp³-hybridized carbons (Fsp3) is 0.222. The number of hydrogen-bond donors (Lipinski definition) is 2.